The fourth-order valence-corrected chi connectivity index (χ4v) is 6.84. The van der Waals surface area contributed by atoms with Gasteiger partial charge in [-0.2, -0.15) is 0 Å². The van der Waals surface area contributed by atoms with Crippen LogP contribution in [0.1, 0.15) is 172 Å². The van der Waals surface area contributed by atoms with Crippen molar-refractivity contribution in [1.82, 2.24) is 5.32 Å². The predicted molar refractivity (Wildman–Crippen MR) is 189 cm³/mol. The van der Waals surface area contributed by atoms with Crippen molar-refractivity contribution in [3.8, 4) is 11.1 Å². The fourth-order valence-electron chi connectivity index (χ4n) is 6.84. The standard InChI is InChI=1S/C41H65NO2/c1-2-3-4-5-6-7-13-16-19-26-33-42-34-27-20-17-14-11-9-8-10-12-15-18-21-32-41(43)44-35-40-38-30-24-22-28-36(38)37-29-23-25-31-39(37)40/h22-25,28-31,40,42H,2-21,26-27,32-35H2,1H3. The number of ether oxygens (including phenoxy) is 1. The van der Waals surface area contributed by atoms with Crippen LogP contribution in [-0.2, 0) is 9.53 Å². The van der Waals surface area contributed by atoms with Crippen molar-refractivity contribution < 1.29 is 9.53 Å². The van der Waals surface area contributed by atoms with Crippen molar-refractivity contribution in [3.63, 3.8) is 0 Å². The molecule has 3 nitrogen and oxygen atoms in total. The number of benzene rings is 2. The third kappa shape index (κ3) is 14.8. The van der Waals surface area contributed by atoms with Crippen LogP contribution in [0.4, 0.5) is 0 Å². The Bertz CT molecular complexity index is 956. The lowest BCUT2D eigenvalue weighted by atomic mass is 9.98. The summed E-state index contributed by atoms with van der Waals surface area (Å²) in [6.45, 7) is 5.16. The molecule has 0 saturated carbocycles. The molecule has 0 unspecified atom stereocenters. The molecule has 1 aliphatic carbocycles. The van der Waals surface area contributed by atoms with Crippen molar-refractivity contribution in [3.05, 3.63) is 59.7 Å². The number of esters is 1. The number of hydrogen-bond acceptors (Lipinski definition) is 3. The maximum atomic E-state index is 12.4. The van der Waals surface area contributed by atoms with E-state index in [1.165, 1.54) is 164 Å². The van der Waals surface area contributed by atoms with Gasteiger partial charge in [0, 0.05) is 12.3 Å². The Labute approximate surface area is 271 Å². The SMILES string of the molecule is CCCCCCCCCCCCNCCCCCCCCCCCCCCC(=O)OCC1c2ccccc2-c2ccccc21. The third-order valence-corrected chi connectivity index (χ3v) is 9.57. The lowest BCUT2D eigenvalue weighted by Gasteiger charge is -2.14. The summed E-state index contributed by atoms with van der Waals surface area (Å²) < 4.78 is 5.75. The molecule has 0 saturated heterocycles. The van der Waals surface area contributed by atoms with Crippen molar-refractivity contribution in [2.45, 2.75) is 161 Å². The molecule has 0 heterocycles. The smallest absolute Gasteiger partial charge is 0.305 e. The monoisotopic (exact) mass is 604 g/mol. The topological polar surface area (TPSA) is 38.3 Å². The quantitative estimate of drug-likeness (QED) is 0.0776. The molecule has 246 valence electrons. The Kier molecular flexibility index (Phi) is 19.9. The van der Waals surface area contributed by atoms with E-state index in [0.29, 0.717) is 13.0 Å². The van der Waals surface area contributed by atoms with Crippen LogP contribution in [0.15, 0.2) is 48.5 Å². The van der Waals surface area contributed by atoms with E-state index >= 15 is 0 Å². The van der Waals surface area contributed by atoms with Crippen LogP contribution in [0.2, 0.25) is 0 Å². The second-order valence-electron chi connectivity index (χ2n) is 13.3. The molecule has 1 N–H and O–H groups in total. The van der Waals surface area contributed by atoms with Crippen LogP contribution in [0.25, 0.3) is 11.1 Å². The average Bonchev–Trinajstić information content (AvgIpc) is 3.37. The zero-order valence-electron chi connectivity index (χ0n) is 28.4. The Morgan fingerprint density at radius 3 is 1.39 bits per heavy atom. The first-order valence-electron chi connectivity index (χ1n) is 18.9. The van der Waals surface area contributed by atoms with Crippen molar-refractivity contribution in [2.24, 2.45) is 0 Å². The van der Waals surface area contributed by atoms with Gasteiger partial charge in [0.25, 0.3) is 0 Å². The highest BCUT2D eigenvalue weighted by Gasteiger charge is 2.28. The van der Waals surface area contributed by atoms with Crippen LogP contribution in [0.5, 0.6) is 0 Å². The first-order valence-corrected chi connectivity index (χ1v) is 18.9. The molecule has 3 rings (SSSR count). The Balaban J connectivity index is 1.02. The summed E-state index contributed by atoms with van der Waals surface area (Å²) in [5, 5.41) is 3.66. The summed E-state index contributed by atoms with van der Waals surface area (Å²) >= 11 is 0. The average molecular weight is 604 g/mol. The first kappa shape index (κ1) is 36.3. The summed E-state index contributed by atoms with van der Waals surface area (Å²) in [5.74, 6) is 0.115. The summed E-state index contributed by atoms with van der Waals surface area (Å²) in [4.78, 5) is 12.4. The lowest BCUT2D eigenvalue weighted by Crippen LogP contribution is -2.16. The van der Waals surface area contributed by atoms with Crippen molar-refractivity contribution in [1.29, 1.82) is 0 Å². The van der Waals surface area contributed by atoms with Gasteiger partial charge in [-0.15, -0.1) is 0 Å². The van der Waals surface area contributed by atoms with Gasteiger partial charge in [-0.1, -0.05) is 177 Å². The predicted octanol–water partition coefficient (Wildman–Crippen LogP) is 11.9. The highest BCUT2D eigenvalue weighted by molar-refractivity contribution is 5.79. The number of nitrogens with one attached hydrogen (secondary N) is 1. The second kappa shape index (κ2) is 24.1. The molecule has 2 aromatic carbocycles. The highest BCUT2D eigenvalue weighted by Crippen LogP contribution is 2.44. The van der Waals surface area contributed by atoms with Gasteiger partial charge in [0.2, 0.25) is 0 Å². The minimum Gasteiger partial charge on any atom is -0.465 e. The van der Waals surface area contributed by atoms with Gasteiger partial charge in [-0.25, -0.2) is 0 Å². The minimum absolute atomic E-state index is 0.0447. The molecule has 0 aliphatic heterocycles. The Hall–Kier alpha value is -2.13. The molecule has 0 atom stereocenters. The minimum atomic E-state index is -0.0447. The molecule has 2 aromatic rings. The number of carbonyl (C=O) groups is 1. The van der Waals surface area contributed by atoms with E-state index in [-0.39, 0.29) is 11.9 Å². The normalized spacial score (nSPS) is 12.4. The van der Waals surface area contributed by atoms with E-state index in [0.717, 1.165) is 12.8 Å². The van der Waals surface area contributed by atoms with Crippen molar-refractivity contribution in [2.75, 3.05) is 19.7 Å². The maximum absolute atomic E-state index is 12.4. The van der Waals surface area contributed by atoms with E-state index in [4.69, 9.17) is 4.74 Å². The second-order valence-corrected chi connectivity index (χ2v) is 13.3. The van der Waals surface area contributed by atoms with Gasteiger partial charge in [-0.05, 0) is 54.6 Å². The van der Waals surface area contributed by atoms with Crippen LogP contribution in [-0.4, -0.2) is 25.7 Å². The third-order valence-electron chi connectivity index (χ3n) is 9.57. The molecule has 0 aromatic heterocycles. The molecular weight excluding hydrogens is 538 g/mol. The first-order chi connectivity index (χ1) is 21.8. The number of rotatable bonds is 28. The number of hydrogen-bond donors (Lipinski definition) is 1. The lowest BCUT2D eigenvalue weighted by molar-refractivity contribution is -0.144. The molecule has 0 bridgehead atoms. The summed E-state index contributed by atoms with van der Waals surface area (Å²) in [6, 6.07) is 17.0. The van der Waals surface area contributed by atoms with E-state index in [2.05, 4.69) is 60.8 Å². The van der Waals surface area contributed by atoms with Crippen LogP contribution < -0.4 is 5.32 Å². The van der Waals surface area contributed by atoms with E-state index in [9.17, 15) is 4.79 Å². The Morgan fingerprint density at radius 2 is 0.932 bits per heavy atom. The molecule has 44 heavy (non-hydrogen) atoms. The van der Waals surface area contributed by atoms with Gasteiger partial charge in [-0.3, -0.25) is 4.79 Å². The zero-order chi connectivity index (χ0) is 30.9. The van der Waals surface area contributed by atoms with Gasteiger partial charge in [0.1, 0.15) is 6.61 Å². The van der Waals surface area contributed by atoms with Crippen LogP contribution in [0, 0.1) is 0 Å². The van der Waals surface area contributed by atoms with Crippen LogP contribution in [0.3, 0.4) is 0 Å². The van der Waals surface area contributed by atoms with E-state index < -0.39 is 0 Å². The highest BCUT2D eigenvalue weighted by atomic mass is 16.5. The summed E-state index contributed by atoms with van der Waals surface area (Å²) in [6.07, 6.45) is 30.4. The van der Waals surface area contributed by atoms with Gasteiger partial charge in [0.15, 0.2) is 0 Å². The van der Waals surface area contributed by atoms with Crippen molar-refractivity contribution >= 4 is 5.97 Å². The van der Waals surface area contributed by atoms with Gasteiger partial charge < -0.3 is 10.1 Å². The Morgan fingerprint density at radius 1 is 0.545 bits per heavy atom. The molecule has 0 fully saturated rings. The van der Waals surface area contributed by atoms with Gasteiger partial charge in [0.05, 0.1) is 0 Å². The number of fused-ring (bicyclic) bond motifs is 3. The van der Waals surface area contributed by atoms with E-state index in [1.54, 1.807) is 0 Å². The molecule has 0 radical (unpaired) electrons. The molecule has 0 spiro atoms. The maximum Gasteiger partial charge on any atom is 0.305 e. The summed E-state index contributed by atoms with van der Waals surface area (Å²) in [5.41, 5.74) is 5.12. The molecule has 0 amide bonds. The van der Waals surface area contributed by atoms with Crippen LogP contribution >= 0.6 is 0 Å². The number of unbranched alkanes of at least 4 members (excludes halogenated alkanes) is 20. The molecule has 1 aliphatic rings. The molecular formula is C41H65NO2. The van der Waals surface area contributed by atoms with Gasteiger partial charge >= 0.3 is 5.97 Å². The molecule has 3 heteroatoms. The summed E-state index contributed by atoms with van der Waals surface area (Å²) in [7, 11) is 0. The number of carbonyl (C=O) groups excluding carboxylic acids is 1. The zero-order valence-corrected chi connectivity index (χ0v) is 28.4. The largest absolute Gasteiger partial charge is 0.465 e. The van der Waals surface area contributed by atoms with E-state index in [1.807, 2.05) is 0 Å². The fraction of sp³-hybridized carbons (Fsp3) is 0.683.